The van der Waals surface area contributed by atoms with Gasteiger partial charge in [0.2, 0.25) is 0 Å². The number of unbranched alkanes of at least 4 members (excludes halogenated alkanes) is 1. The number of esters is 2. The Kier molecular flexibility index (Phi) is 16.4. The van der Waals surface area contributed by atoms with Crippen molar-refractivity contribution in [1.82, 2.24) is 0 Å². The zero-order chi connectivity index (χ0) is 36.4. The van der Waals surface area contributed by atoms with Crippen molar-refractivity contribution in [2.45, 2.75) is 63.1 Å². The number of aliphatic hydroxyl groups is 2. The lowest BCUT2D eigenvalue weighted by Crippen LogP contribution is -2.25. The molecule has 2 N–H and O–H groups in total. The van der Waals surface area contributed by atoms with Crippen LogP contribution in [-0.2, 0) is 19.2 Å². The van der Waals surface area contributed by atoms with Gasteiger partial charge in [0.05, 0.1) is 25.9 Å². The van der Waals surface area contributed by atoms with Crippen molar-refractivity contribution in [3.63, 3.8) is 0 Å². The van der Waals surface area contributed by atoms with Gasteiger partial charge in [-0.2, -0.15) is 8.78 Å². The standard InChI is InChI=1S/C36H43F2NO11/c1-46-33-23-26(11-9-21-47-34(42)16-10-22-49-39(44)45)17-18-32(33)50-35(43)15-8-3-2-7-14-28-29(31(41)24-30(28)40)19-20-36(37,38)25-48-27-12-5-4-6-13-27/h2,4-7,9,11-13,17-20,23,28-31,40-41H,3,8,10,14-16,21-22,24-25H2,1H3/b7-2-,11-9+,20-19+/t28-,29-,30+,31-/m1/s1. The van der Waals surface area contributed by atoms with Crippen molar-refractivity contribution in [1.29, 1.82) is 0 Å². The number of alkyl halides is 2. The Balaban J connectivity index is 1.38. The van der Waals surface area contributed by atoms with Crippen molar-refractivity contribution in [3.8, 4) is 17.2 Å². The summed E-state index contributed by atoms with van der Waals surface area (Å²) in [5.41, 5.74) is 0.700. The van der Waals surface area contributed by atoms with E-state index in [0.717, 1.165) is 6.08 Å². The largest absolute Gasteiger partial charge is 0.493 e. The quantitative estimate of drug-likeness (QED) is 0.0398. The number of allylic oxidation sites excluding steroid dienone is 2. The van der Waals surface area contributed by atoms with Crippen LogP contribution < -0.4 is 14.2 Å². The molecule has 0 aliphatic heterocycles. The molecule has 0 unspecified atom stereocenters. The number of rotatable bonds is 21. The highest BCUT2D eigenvalue weighted by Crippen LogP contribution is 2.37. The second-order valence-electron chi connectivity index (χ2n) is 11.6. The SMILES string of the molecule is COc1cc(/C=C/COC(=O)CCCO[N+](=O)[O-])ccc1OC(=O)CCC/C=C\C[C@@H]1[C@@H](/C=C/C(F)(F)COc2ccccc2)[C@H](O)C[C@@H]1O. The minimum Gasteiger partial charge on any atom is -0.493 e. The third-order valence-corrected chi connectivity index (χ3v) is 7.76. The molecule has 1 aliphatic carbocycles. The Hall–Kier alpha value is -4.82. The van der Waals surface area contributed by atoms with E-state index in [9.17, 15) is 38.7 Å². The minimum absolute atomic E-state index is 0.00638. The molecule has 0 radical (unpaired) electrons. The van der Waals surface area contributed by atoms with E-state index >= 15 is 0 Å². The van der Waals surface area contributed by atoms with E-state index in [1.807, 2.05) is 12.2 Å². The number of benzene rings is 2. The maximum atomic E-state index is 14.5. The average molecular weight is 704 g/mol. The molecule has 3 rings (SSSR count). The predicted octanol–water partition coefficient (Wildman–Crippen LogP) is 5.89. The molecule has 2 aromatic rings. The molecule has 2 aromatic carbocycles. The van der Waals surface area contributed by atoms with Gasteiger partial charge < -0.3 is 34.0 Å². The molecule has 0 aromatic heterocycles. The first-order valence-electron chi connectivity index (χ1n) is 16.2. The number of nitrogens with zero attached hydrogens (tertiary/aromatic N) is 1. The fourth-order valence-corrected chi connectivity index (χ4v) is 5.24. The monoisotopic (exact) mass is 703 g/mol. The van der Waals surface area contributed by atoms with Crippen molar-refractivity contribution < 1.29 is 57.5 Å². The number of hydrogen-bond acceptors (Lipinski definition) is 11. The molecule has 50 heavy (non-hydrogen) atoms. The van der Waals surface area contributed by atoms with Gasteiger partial charge in [-0.1, -0.05) is 48.6 Å². The summed E-state index contributed by atoms with van der Waals surface area (Å²) in [6.45, 7) is -1.04. The van der Waals surface area contributed by atoms with Gasteiger partial charge in [0.1, 0.15) is 12.4 Å². The van der Waals surface area contributed by atoms with Crippen molar-refractivity contribution in [3.05, 3.63) is 94.6 Å². The van der Waals surface area contributed by atoms with Gasteiger partial charge in [0.15, 0.2) is 18.1 Å². The van der Waals surface area contributed by atoms with Crippen LogP contribution in [0.1, 0.15) is 50.5 Å². The summed E-state index contributed by atoms with van der Waals surface area (Å²) in [5, 5.41) is 30.0. The van der Waals surface area contributed by atoms with Crippen molar-refractivity contribution >= 4 is 18.0 Å². The van der Waals surface area contributed by atoms with Crippen LogP contribution in [0.4, 0.5) is 8.78 Å². The first-order valence-corrected chi connectivity index (χ1v) is 16.2. The molecule has 1 fully saturated rings. The summed E-state index contributed by atoms with van der Waals surface area (Å²) in [4.78, 5) is 38.4. The lowest BCUT2D eigenvalue weighted by molar-refractivity contribution is -0.757. The third kappa shape index (κ3) is 14.3. The minimum atomic E-state index is -3.26. The van der Waals surface area contributed by atoms with Gasteiger partial charge in [-0.3, -0.25) is 9.59 Å². The van der Waals surface area contributed by atoms with Crippen molar-refractivity contribution in [2.24, 2.45) is 11.8 Å². The molecule has 0 heterocycles. The second kappa shape index (κ2) is 20.6. The van der Waals surface area contributed by atoms with Gasteiger partial charge in [-0.15, -0.1) is 10.1 Å². The normalized spacial score (nSPS) is 19.2. The highest BCUT2D eigenvalue weighted by Gasteiger charge is 2.40. The maximum absolute atomic E-state index is 14.5. The van der Waals surface area contributed by atoms with E-state index in [2.05, 4.69) is 4.84 Å². The number of aliphatic hydroxyl groups excluding tert-OH is 2. The van der Waals surface area contributed by atoms with Crippen molar-refractivity contribution in [2.75, 3.05) is 26.9 Å². The van der Waals surface area contributed by atoms with Gasteiger partial charge in [-0.25, -0.2) is 0 Å². The molecule has 0 bridgehead atoms. The molecule has 14 heteroatoms. The number of para-hydroxylation sites is 1. The maximum Gasteiger partial charge on any atom is 0.311 e. The molecule has 12 nitrogen and oxygen atoms in total. The highest BCUT2D eigenvalue weighted by atomic mass is 19.3. The van der Waals surface area contributed by atoms with E-state index in [-0.39, 0.29) is 44.6 Å². The van der Waals surface area contributed by atoms with Gasteiger partial charge >= 0.3 is 11.9 Å². The number of ether oxygens (including phenoxy) is 4. The molecule has 0 spiro atoms. The molecule has 0 saturated heterocycles. The summed E-state index contributed by atoms with van der Waals surface area (Å²) in [6.07, 6.45) is 8.90. The summed E-state index contributed by atoms with van der Waals surface area (Å²) >= 11 is 0. The smallest absolute Gasteiger partial charge is 0.311 e. The molecule has 4 atom stereocenters. The van der Waals surface area contributed by atoms with E-state index in [0.29, 0.717) is 36.3 Å². The van der Waals surface area contributed by atoms with E-state index < -0.39 is 53.6 Å². The molecule has 0 amide bonds. The Morgan fingerprint density at radius 3 is 2.50 bits per heavy atom. The van der Waals surface area contributed by atoms with E-state index in [4.69, 9.17) is 18.9 Å². The van der Waals surface area contributed by atoms with Gasteiger partial charge in [0, 0.05) is 25.2 Å². The first kappa shape index (κ1) is 39.6. The second-order valence-corrected chi connectivity index (χ2v) is 11.6. The number of hydrogen-bond donors (Lipinski definition) is 2. The Bertz CT molecular complexity index is 1470. The fourth-order valence-electron chi connectivity index (χ4n) is 5.24. The summed E-state index contributed by atoms with van der Waals surface area (Å²) in [7, 11) is 1.43. The lowest BCUT2D eigenvalue weighted by Gasteiger charge is -2.20. The summed E-state index contributed by atoms with van der Waals surface area (Å²) in [5.74, 6) is -4.45. The highest BCUT2D eigenvalue weighted by molar-refractivity contribution is 5.73. The van der Waals surface area contributed by atoms with E-state index in [1.54, 1.807) is 60.7 Å². The molecule has 1 saturated carbocycles. The summed E-state index contributed by atoms with van der Waals surface area (Å²) < 4.78 is 49.9. The van der Waals surface area contributed by atoms with Crippen LogP contribution >= 0.6 is 0 Å². The number of methoxy groups -OCH3 is 1. The van der Waals surface area contributed by atoms with Gasteiger partial charge in [0.25, 0.3) is 11.0 Å². The molecular formula is C36H43F2NO11. The molecule has 1 aliphatic rings. The van der Waals surface area contributed by atoms with Crippen LogP contribution in [-0.4, -0.2) is 72.3 Å². The van der Waals surface area contributed by atoms with Crippen LogP contribution in [0.2, 0.25) is 0 Å². The Morgan fingerprint density at radius 1 is 1.00 bits per heavy atom. The predicted molar refractivity (Wildman–Crippen MR) is 178 cm³/mol. The number of carbonyl (C=O) groups is 2. The lowest BCUT2D eigenvalue weighted by atomic mass is 9.89. The van der Waals surface area contributed by atoms with Crippen LogP contribution in [0, 0.1) is 22.0 Å². The van der Waals surface area contributed by atoms with Crippen LogP contribution in [0.3, 0.4) is 0 Å². The average Bonchev–Trinajstić information content (AvgIpc) is 3.36. The molecular weight excluding hydrogens is 660 g/mol. The third-order valence-electron chi connectivity index (χ3n) is 7.76. The first-order chi connectivity index (χ1) is 24.0. The number of carbonyl (C=O) groups excluding carboxylic acids is 2. The topological polar surface area (TPSA) is 164 Å². The Morgan fingerprint density at radius 2 is 1.76 bits per heavy atom. The zero-order valence-electron chi connectivity index (χ0n) is 27.7. The number of halogens is 2. The van der Waals surface area contributed by atoms with Crippen LogP contribution in [0.15, 0.2) is 78.9 Å². The summed E-state index contributed by atoms with van der Waals surface area (Å²) in [6, 6.07) is 13.2. The van der Waals surface area contributed by atoms with E-state index in [1.165, 1.54) is 13.2 Å². The van der Waals surface area contributed by atoms with Gasteiger partial charge in [-0.05, 0) is 73.6 Å². The fraction of sp³-hybridized carbons (Fsp3) is 0.444. The van der Waals surface area contributed by atoms with Crippen LogP contribution in [0.25, 0.3) is 6.08 Å². The molecule has 272 valence electrons. The van der Waals surface area contributed by atoms with Crippen LogP contribution in [0.5, 0.6) is 17.2 Å². The Labute approximate surface area is 289 Å². The zero-order valence-corrected chi connectivity index (χ0v) is 27.7.